The van der Waals surface area contributed by atoms with Crippen molar-refractivity contribution in [2.24, 2.45) is 5.73 Å². The third-order valence-electron chi connectivity index (χ3n) is 2.16. The Bertz CT molecular complexity index is 330. The van der Waals surface area contributed by atoms with Crippen LogP contribution in [0.15, 0.2) is 36.1 Å². The monoisotopic (exact) mass is 161 g/mol. The minimum absolute atomic E-state index is 0.144. The van der Waals surface area contributed by atoms with E-state index in [9.17, 15) is 5.11 Å². The maximum Gasteiger partial charge on any atom is 0.0945 e. The van der Waals surface area contributed by atoms with Gasteiger partial charge in [-0.25, -0.2) is 0 Å². The van der Waals surface area contributed by atoms with Gasteiger partial charge in [0.05, 0.1) is 11.8 Å². The average Bonchev–Trinajstić information content (AvgIpc) is 2.04. The topological polar surface area (TPSA) is 46.2 Å². The van der Waals surface area contributed by atoms with E-state index in [4.69, 9.17) is 5.73 Å². The molecule has 1 unspecified atom stereocenters. The molecule has 0 aliphatic heterocycles. The van der Waals surface area contributed by atoms with E-state index in [0.717, 1.165) is 11.1 Å². The van der Waals surface area contributed by atoms with Gasteiger partial charge in [0.25, 0.3) is 0 Å². The summed E-state index contributed by atoms with van der Waals surface area (Å²) in [4.78, 5) is 0. The van der Waals surface area contributed by atoms with E-state index in [2.05, 4.69) is 0 Å². The molecule has 0 saturated heterocycles. The first-order valence-corrected chi connectivity index (χ1v) is 4.00. The van der Waals surface area contributed by atoms with Gasteiger partial charge >= 0.3 is 0 Å². The molecule has 1 atom stereocenters. The number of rotatable bonds is 0. The molecule has 0 radical (unpaired) electrons. The van der Waals surface area contributed by atoms with Crippen LogP contribution in [0.4, 0.5) is 0 Å². The van der Waals surface area contributed by atoms with Crippen LogP contribution in [0.5, 0.6) is 0 Å². The zero-order chi connectivity index (χ0) is 8.55. The molecule has 0 fully saturated rings. The van der Waals surface area contributed by atoms with Crippen molar-refractivity contribution >= 4 is 0 Å². The Labute approximate surface area is 71.3 Å². The Hall–Kier alpha value is -1.28. The lowest BCUT2D eigenvalue weighted by molar-refractivity contribution is 0.389. The lowest BCUT2D eigenvalue weighted by atomic mass is 9.93. The fourth-order valence-corrected chi connectivity index (χ4v) is 1.57. The lowest BCUT2D eigenvalue weighted by Crippen LogP contribution is -2.15. The summed E-state index contributed by atoms with van der Waals surface area (Å²) >= 11 is 0. The molecule has 1 aliphatic carbocycles. The van der Waals surface area contributed by atoms with Crippen LogP contribution in [-0.2, 0) is 6.42 Å². The molecule has 0 spiro atoms. The van der Waals surface area contributed by atoms with Gasteiger partial charge < -0.3 is 10.8 Å². The average molecular weight is 161 g/mol. The molecule has 0 heterocycles. The quantitative estimate of drug-likeness (QED) is 0.608. The van der Waals surface area contributed by atoms with Crippen molar-refractivity contribution in [3.8, 4) is 0 Å². The first-order chi connectivity index (χ1) is 5.77. The number of hydrogen-bond acceptors (Lipinski definition) is 2. The molecule has 12 heavy (non-hydrogen) atoms. The molecule has 2 nitrogen and oxygen atoms in total. The summed E-state index contributed by atoms with van der Waals surface area (Å²) in [6.07, 6.45) is 2.31. The lowest BCUT2D eigenvalue weighted by Gasteiger charge is -2.18. The minimum atomic E-state index is -0.144. The van der Waals surface area contributed by atoms with Crippen molar-refractivity contribution in [3.05, 3.63) is 47.2 Å². The predicted molar refractivity (Wildman–Crippen MR) is 47.8 cm³/mol. The van der Waals surface area contributed by atoms with E-state index in [0.29, 0.717) is 12.2 Å². The largest absolute Gasteiger partial charge is 0.512 e. The molecule has 0 aromatic heterocycles. The summed E-state index contributed by atoms with van der Waals surface area (Å²) in [7, 11) is 0. The molecule has 1 aromatic rings. The number of allylic oxidation sites excluding steroid dienone is 1. The molecule has 3 N–H and O–H groups in total. The van der Waals surface area contributed by atoms with Gasteiger partial charge in [-0.05, 0) is 17.2 Å². The maximum atomic E-state index is 9.31. The van der Waals surface area contributed by atoms with Crippen molar-refractivity contribution in [2.45, 2.75) is 12.5 Å². The molecule has 1 aromatic carbocycles. The Balaban J connectivity index is 2.48. The number of nitrogens with two attached hydrogens (primary N) is 1. The standard InChI is InChI=1S/C10H11NO/c11-10-6-8(12)5-7-3-1-2-4-9(7)10/h1-4,6,10,12H,5,11H2. The molecule has 2 heteroatoms. The molecular formula is C10H11NO. The Morgan fingerprint density at radius 2 is 2.08 bits per heavy atom. The van der Waals surface area contributed by atoms with Crippen LogP contribution in [0.1, 0.15) is 17.2 Å². The highest BCUT2D eigenvalue weighted by molar-refractivity contribution is 5.38. The summed E-state index contributed by atoms with van der Waals surface area (Å²) in [5.41, 5.74) is 8.05. The number of aliphatic hydroxyl groups is 1. The van der Waals surface area contributed by atoms with E-state index in [1.54, 1.807) is 6.08 Å². The smallest absolute Gasteiger partial charge is 0.0945 e. The summed E-state index contributed by atoms with van der Waals surface area (Å²) < 4.78 is 0. The van der Waals surface area contributed by atoms with Crippen LogP contribution in [0.3, 0.4) is 0 Å². The molecule has 0 bridgehead atoms. The van der Waals surface area contributed by atoms with Crippen LogP contribution in [-0.4, -0.2) is 5.11 Å². The number of fused-ring (bicyclic) bond motifs is 1. The number of aliphatic hydroxyl groups excluding tert-OH is 1. The second kappa shape index (κ2) is 2.64. The van der Waals surface area contributed by atoms with Gasteiger partial charge in [-0.15, -0.1) is 0 Å². The molecule has 1 aliphatic rings. The SMILES string of the molecule is NC1C=C(O)Cc2ccccc21. The highest BCUT2D eigenvalue weighted by atomic mass is 16.3. The zero-order valence-corrected chi connectivity index (χ0v) is 6.70. The van der Waals surface area contributed by atoms with Crippen LogP contribution < -0.4 is 5.73 Å². The maximum absolute atomic E-state index is 9.31. The Kier molecular flexibility index (Phi) is 1.62. The molecule has 0 amide bonds. The fraction of sp³-hybridized carbons (Fsp3) is 0.200. The van der Waals surface area contributed by atoms with Crippen molar-refractivity contribution in [3.63, 3.8) is 0 Å². The second-order valence-electron chi connectivity index (χ2n) is 3.06. The zero-order valence-electron chi connectivity index (χ0n) is 6.70. The highest BCUT2D eigenvalue weighted by Gasteiger charge is 2.15. The Morgan fingerprint density at radius 1 is 1.33 bits per heavy atom. The molecule has 62 valence electrons. The van der Waals surface area contributed by atoms with Gasteiger partial charge in [-0.3, -0.25) is 0 Å². The van der Waals surface area contributed by atoms with Crippen molar-refractivity contribution in [1.82, 2.24) is 0 Å². The number of hydrogen-bond donors (Lipinski definition) is 2. The van der Waals surface area contributed by atoms with Gasteiger partial charge in [-0.2, -0.15) is 0 Å². The van der Waals surface area contributed by atoms with E-state index in [1.165, 1.54) is 0 Å². The molecular weight excluding hydrogens is 150 g/mol. The van der Waals surface area contributed by atoms with E-state index >= 15 is 0 Å². The minimum Gasteiger partial charge on any atom is -0.512 e. The van der Waals surface area contributed by atoms with Gasteiger partial charge in [0.2, 0.25) is 0 Å². The summed E-state index contributed by atoms with van der Waals surface area (Å²) in [5, 5.41) is 9.31. The fourth-order valence-electron chi connectivity index (χ4n) is 1.57. The van der Waals surface area contributed by atoms with E-state index < -0.39 is 0 Å². The highest BCUT2D eigenvalue weighted by Crippen LogP contribution is 2.25. The number of benzene rings is 1. The van der Waals surface area contributed by atoms with Crippen molar-refractivity contribution in [1.29, 1.82) is 0 Å². The summed E-state index contributed by atoms with van der Waals surface area (Å²) in [5.74, 6) is 0.376. The Morgan fingerprint density at radius 3 is 2.92 bits per heavy atom. The second-order valence-corrected chi connectivity index (χ2v) is 3.06. The van der Waals surface area contributed by atoms with Gasteiger partial charge in [0.15, 0.2) is 0 Å². The first kappa shape index (κ1) is 7.37. The van der Waals surface area contributed by atoms with Crippen molar-refractivity contribution < 1.29 is 5.11 Å². The first-order valence-electron chi connectivity index (χ1n) is 4.00. The van der Waals surface area contributed by atoms with Gasteiger partial charge in [0, 0.05) is 6.42 Å². The van der Waals surface area contributed by atoms with Crippen molar-refractivity contribution in [2.75, 3.05) is 0 Å². The molecule has 2 rings (SSSR count). The van der Waals surface area contributed by atoms with E-state index in [1.807, 2.05) is 24.3 Å². The van der Waals surface area contributed by atoms with Crippen LogP contribution in [0.2, 0.25) is 0 Å². The van der Waals surface area contributed by atoms with E-state index in [-0.39, 0.29) is 6.04 Å². The molecule has 0 saturated carbocycles. The third kappa shape index (κ3) is 1.10. The van der Waals surface area contributed by atoms with Gasteiger partial charge in [-0.1, -0.05) is 24.3 Å². The van der Waals surface area contributed by atoms with Gasteiger partial charge in [0.1, 0.15) is 0 Å². The summed E-state index contributed by atoms with van der Waals surface area (Å²) in [6.45, 7) is 0. The van der Waals surface area contributed by atoms with Crippen LogP contribution >= 0.6 is 0 Å². The van der Waals surface area contributed by atoms with Crippen LogP contribution in [0, 0.1) is 0 Å². The summed E-state index contributed by atoms with van der Waals surface area (Å²) in [6, 6.07) is 7.79. The predicted octanol–water partition coefficient (Wildman–Crippen LogP) is 1.68. The normalized spacial score (nSPS) is 21.4. The third-order valence-corrected chi connectivity index (χ3v) is 2.16. The van der Waals surface area contributed by atoms with Crippen LogP contribution in [0.25, 0.3) is 0 Å².